The van der Waals surface area contributed by atoms with Crippen LogP contribution in [0.5, 0.6) is 5.75 Å². The third kappa shape index (κ3) is 5.22. The van der Waals surface area contributed by atoms with Crippen molar-refractivity contribution in [1.82, 2.24) is 24.4 Å². The van der Waals surface area contributed by atoms with Crippen molar-refractivity contribution in [3.05, 3.63) is 83.2 Å². The highest BCUT2D eigenvalue weighted by Crippen LogP contribution is 2.37. The van der Waals surface area contributed by atoms with Crippen molar-refractivity contribution in [2.45, 2.75) is 25.6 Å². The number of nitrogens with zero attached hydrogens (tertiary/aromatic N) is 6. The van der Waals surface area contributed by atoms with E-state index in [1.807, 2.05) is 35.2 Å². The van der Waals surface area contributed by atoms with E-state index in [9.17, 15) is 23.2 Å². The summed E-state index contributed by atoms with van der Waals surface area (Å²) in [4.78, 5) is 22.2. The van der Waals surface area contributed by atoms with Gasteiger partial charge in [0.1, 0.15) is 11.3 Å². The minimum absolute atomic E-state index is 0.00736. The molecule has 2 aromatic heterocycles. The molecule has 0 spiro atoms. The highest BCUT2D eigenvalue weighted by atomic mass is 19.4. The molecule has 2 aromatic carbocycles. The van der Waals surface area contributed by atoms with Crippen LogP contribution in [0.4, 0.5) is 13.2 Å². The zero-order valence-corrected chi connectivity index (χ0v) is 22.0. The van der Waals surface area contributed by atoms with E-state index in [1.54, 1.807) is 29.2 Å². The highest BCUT2D eigenvalue weighted by Gasteiger charge is 2.39. The summed E-state index contributed by atoms with van der Waals surface area (Å²) in [5.74, 6) is 0.108. The Labute approximate surface area is 229 Å². The molecule has 1 amide bonds. The quantitative estimate of drug-likeness (QED) is 0.327. The lowest BCUT2D eigenvalue weighted by atomic mass is 10.0. The molecule has 40 heavy (non-hydrogen) atoms. The van der Waals surface area contributed by atoms with E-state index in [1.165, 1.54) is 20.2 Å². The molecule has 3 heterocycles. The highest BCUT2D eigenvalue weighted by molar-refractivity contribution is 6.00. The molecule has 5 rings (SSSR count). The monoisotopic (exact) mass is 548 g/mol. The molecule has 0 bridgehead atoms. The molecule has 1 aliphatic rings. The van der Waals surface area contributed by atoms with Crippen molar-refractivity contribution < 1.29 is 22.7 Å². The number of ether oxygens (including phenoxy) is 1. The Hall–Kier alpha value is -4.43. The van der Waals surface area contributed by atoms with E-state index in [2.05, 4.69) is 16.2 Å². The van der Waals surface area contributed by atoms with Crippen LogP contribution in [0.15, 0.2) is 60.8 Å². The number of aromatic nitrogens is 3. The van der Waals surface area contributed by atoms with Gasteiger partial charge in [0, 0.05) is 36.8 Å². The Morgan fingerprint density at radius 3 is 2.50 bits per heavy atom. The van der Waals surface area contributed by atoms with Gasteiger partial charge in [-0.1, -0.05) is 30.3 Å². The Balaban J connectivity index is 1.59. The molecule has 11 heteroatoms. The average Bonchev–Trinajstić information content (AvgIpc) is 3.36. The van der Waals surface area contributed by atoms with E-state index in [0.29, 0.717) is 41.9 Å². The Kier molecular flexibility index (Phi) is 7.45. The van der Waals surface area contributed by atoms with Crippen LogP contribution < -0.4 is 4.74 Å². The molecule has 0 aliphatic carbocycles. The smallest absolute Gasteiger partial charge is 0.433 e. The maximum atomic E-state index is 14.3. The van der Waals surface area contributed by atoms with E-state index in [-0.39, 0.29) is 35.1 Å². The van der Waals surface area contributed by atoms with Gasteiger partial charge in [0.2, 0.25) is 0 Å². The Morgan fingerprint density at radius 1 is 1.12 bits per heavy atom. The molecule has 1 atom stereocenters. The van der Waals surface area contributed by atoms with Crippen molar-refractivity contribution in [1.29, 1.82) is 5.26 Å². The lowest BCUT2D eigenvalue weighted by molar-refractivity contribution is -0.143. The summed E-state index contributed by atoms with van der Waals surface area (Å²) < 4.78 is 48.9. The van der Waals surface area contributed by atoms with Crippen LogP contribution in [0.25, 0.3) is 16.9 Å². The van der Waals surface area contributed by atoms with Crippen LogP contribution in [0.3, 0.4) is 0 Å². The van der Waals surface area contributed by atoms with Crippen molar-refractivity contribution in [2.24, 2.45) is 0 Å². The largest absolute Gasteiger partial charge is 0.497 e. The second-order valence-electron chi connectivity index (χ2n) is 9.69. The van der Waals surface area contributed by atoms with Gasteiger partial charge < -0.3 is 9.64 Å². The molecule has 0 N–H and O–H groups in total. The van der Waals surface area contributed by atoms with E-state index >= 15 is 0 Å². The number of benzene rings is 2. The predicted molar refractivity (Wildman–Crippen MR) is 142 cm³/mol. The van der Waals surface area contributed by atoms with Crippen LogP contribution in [0.1, 0.15) is 27.2 Å². The predicted octanol–water partition coefficient (Wildman–Crippen LogP) is 4.62. The van der Waals surface area contributed by atoms with Crippen LogP contribution in [-0.2, 0) is 12.6 Å². The first kappa shape index (κ1) is 27.1. The lowest BCUT2D eigenvalue weighted by Gasteiger charge is -2.40. The normalized spacial score (nSPS) is 16.2. The minimum atomic E-state index is -4.74. The second-order valence-corrected chi connectivity index (χ2v) is 9.69. The number of carbonyl (C=O) groups excluding carboxylic acids is 1. The first-order chi connectivity index (χ1) is 19.2. The van der Waals surface area contributed by atoms with E-state index in [0.717, 1.165) is 5.56 Å². The molecular formula is C29H27F3N6O2. The van der Waals surface area contributed by atoms with Crippen LogP contribution in [0.2, 0.25) is 0 Å². The molecule has 0 unspecified atom stereocenters. The number of carbonyl (C=O) groups is 1. The molecule has 206 valence electrons. The van der Waals surface area contributed by atoms with Gasteiger partial charge in [-0.25, -0.2) is 9.50 Å². The molecule has 1 fully saturated rings. The number of hydrogen-bond donors (Lipinski definition) is 0. The van der Waals surface area contributed by atoms with Gasteiger partial charge >= 0.3 is 6.18 Å². The van der Waals surface area contributed by atoms with E-state index in [4.69, 9.17) is 4.74 Å². The summed E-state index contributed by atoms with van der Waals surface area (Å²) in [6, 6.07) is 18.1. The SMILES string of the molecule is COc1ccc(-c2nc3c(C(=O)N4CCN(CC#N)C[C@H]4Cc4ccccc4)cnn3c(C(F)(F)F)c2C)cc1. The molecule has 8 nitrogen and oxygen atoms in total. The third-order valence-corrected chi connectivity index (χ3v) is 7.18. The number of halogens is 3. The van der Waals surface area contributed by atoms with Crippen molar-refractivity contribution >= 4 is 11.6 Å². The molecule has 0 radical (unpaired) electrons. The number of methoxy groups -OCH3 is 1. The number of amides is 1. The molecule has 1 saturated heterocycles. The first-order valence-electron chi connectivity index (χ1n) is 12.8. The van der Waals surface area contributed by atoms with Gasteiger partial charge in [-0.15, -0.1) is 0 Å². The van der Waals surface area contributed by atoms with Crippen LogP contribution >= 0.6 is 0 Å². The topological polar surface area (TPSA) is 86.8 Å². The fourth-order valence-corrected chi connectivity index (χ4v) is 5.23. The summed E-state index contributed by atoms with van der Waals surface area (Å²) in [7, 11) is 1.50. The fourth-order valence-electron chi connectivity index (χ4n) is 5.23. The summed E-state index contributed by atoms with van der Waals surface area (Å²) in [5, 5.41) is 13.2. The van der Waals surface area contributed by atoms with Gasteiger partial charge in [-0.05, 0) is 43.2 Å². The van der Waals surface area contributed by atoms with Gasteiger partial charge in [-0.2, -0.15) is 23.5 Å². The second kappa shape index (κ2) is 11.0. The number of piperazine rings is 1. The molecule has 0 saturated carbocycles. The van der Waals surface area contributed by atoms with Gasteiger partial charge in [0.05, 0.1) is 31.6 Å². The van der Waals surface area contributed by atoms with Gasteiger partial charge in [0.15, 0.2) is 11.3 Å². The van der Waals surface area contributed by atoms with Crippen LogP contribution in [0, 0.1) is 18.3 Å². The maximum absolute atomic E-state index is 14.3. The summed E-state index contributed by atoms with van der Waals surface area (Å²) in [6.45, 7) is 2.83. The minimum Gasteiger partial charge on any atom is -0.497 e. The number of alkyl halides is 3. The Morgan fingerprint density at radius 2 is 1.85 bits per heavy atom. The summed E-state index contributed by atoms with van der Waals surface area (Å²) in [6.07, 6.45) is -3.04. The zero-order chi connectivity index (χ0) is 28.4. The average molecular weight is 549 g/mol. The van der Waals surface area contributed by atoms with Gasteiger partial charge in [0.25, 0.3) is 5.91 Å². The Bertz CT molecular complexity index is 1560. The number of nitriles is 1. The summed E-state index contributed by atoms with van der Waals surface area (Å²) in [5.41, 5.74) is 0.327. The number of hydrogen-bond acceptors (Lipinski definition) is 6. The molecule has 1 aliphatic heterocycles. The number of rotatable bonds is 6. The fraction of sp³-hybridized carbons (Fsp3) is 0.310. The van der Waals surface area contributed by atoms with Crippen molar-refractivity contribution in [3.8, 4) is 23.1 Å². The first-order valence-corrected chi connectivity index (χ1v) is 12.8. The van der Waals surface area contributed by atoms with Crippen molar-refractivity contribution in [2.75, 3.05) is 33.3 Å². The molecule has 4 aromatic rings. The van der Waals surface area contributed by atoms with Crippen LogP contribution in [-0.4, -0.2) is 69.6 Å². The molecular weight excluding hydrogens is 521 g/mol. The maximum Gasteiger partial charge on any atom is 0.433 e. The number of fused-ring (bicyclic) bond motifs is 1. The zero-order valence-electron chi connectivity index (χ0n) is 22.0. The van der Waals surface area contributed by atoms with Crippen molar-refractivity contribution in [3.63, 3.8) is 0 Å². The third-order valence-electron chi connectivity index (χ3n) is 7.18. The van der Waals surface area contributed by atoms with Gasteiger partial charge in [-0.3, -0.25) is 9.69 Å². The standard InChI is InChI=1S/C29H27F3N6O2/c1-19-25(21-8-10-23(40-2)11-9-21)35-27-24(17-34-38(27)26(19)29(30,31)32)28(39)37-15-14-36(13-12-33)18-22(37)16-20-6-4-3-5-7-20/h3-11,17,22H,13-16,18H2,1-2H3/t22-/m1/s1. The lowest BCUT2D eigenvalue weighted by Crippen LogP contribution is -2.56. The summed E-state index contributed by atoms with van der Waals surface area (Å²) >= 11 is 0. The van der Waals surface area contributed by atoms with E-state index < -0.39 is 17.8 Å².